The number of hydrogen-bond donors (Lipinski definition) is 4. The molecule has 1 unspecified atom stereocenters. The van der Waals surface area contributed by atoms with Gasteiger partial charge in [0.1, 0.15) is 0 Å². The molecule has 0 aromatic carbocycles. The fraction of sp³-hybridized carbons (Fsp3) is 0.889. The zero-order valence-corrected chi connectivity index (χ0v) is 8.92. The summed E-state index contributed by atoms with van der Waals surface area (Å²) in [6.07, 6.45) is -1.92. The van der Waals surface area contributed by atoms with Crippen molar-refractivity contribution in [2.24, 2.45) is 0 Å². The largest absolute Gasteiger partial charge is 0.395 e. The molecule has 1 fully saturated rings. The van der Waals surface area contributed by atoms with Crippen molar-refractivity contribution in [1.82, 2.24) is 10.2 Å². The van der Waals surface area contributed by atoms with Gasteiger partial charge in [-0.25, -0.2) is 0 Å². The molecular formula is C9H18N2O4. The molecule has 4 atom stereocenters. The van der Waals surface area contributed by atoms with E-state index in [1.165, 1.54) is 6.92 Å². The van der Waals surface area contributed by atoms with E-state index in [4.69, 9.17) is 5.11 Å². The second-order valence-corrected chi connectivity index (χ2v) is 3.90. The van der Waals surface area contributed by atoms with Gasteiger partial charge in [-0.15, -0.1) is 0 Å². The van der Waals surface area contributed by atoms with Crippen LogP contribution < -0.4 is 5.32 Å². The van der Waals surface area contributed by atoms with Crippen molar-refractivity contribution in [2.45, 2.75) is 31.2 Å². The average Bonchev–Trinajstić information content (AvgIpc) is 2.36. The summed E-state index contributed by atoms with van der Waals surface area (Å²) in [5.41, 5.74) is 0. The van der Waals surface area contributed by atoms with Crippen LogP contribution >= 0.6 is 0 Å². The standard InChI is InChI=1S/C9H18N2O4/c1-5(13)10-3-6-8(14)9(15)7(4-12)11(6)2/h6-9,12,14-15H,3-4H2,1-2H3,(H,10,13)/t6?,7-,8-,9-/m1/s1. The number of amides is 1. The van der Waals surface area contributed by atoms with Crippen LogP contribution in [0.1, 0.15) is 6.92 Å². The number of nitrogens with zero attached hydrogens (tertiary/aromatic N) is 1. The summed E-state index contributed by atoms with van der Waals surface area (Å²) < 4.78 is 0. The van der Waals surface area contributed by atoms with Crippen molar-refractivity contribution in [1.29, 1.82) is 0 Å². The molecule has 1 amide bonds. The molecule has 0 radical (unpaired) electrons. The molecule has 0 aromatic rings. The summed E-state index contributed by atoms with van der Waals surface area (Å²) in [5.74, 6) is -0.183. The Morgan fingerprint density at radius 3 is 2.27 bits per heavy atom. The van der Waals surface area contributed by atoms with Gasteiger partial charge in [0.25, 0.3) is 0 Å². The van der Waals surface area contributed by atoms with Crippen LogP contribution in [0.25, 0.3) is 0 Å². The van der Waals surface area contributed by atoms with Crippen LogP contribution in [0.3, 0.4) is 0 Å². The van der Waals surface area contributed by atoms with E-state index in [0.29, 0.717) is 0 Å². The van der Waals surface area contributed by atoms with E-state index in [2.05, 4.69) is 5.32 Å². The van der Waals surface area contributed by atoms with E-state index >= 15 is 0 Å². The Morgan fingerprint density at radius 2 is 1.87 bits per heavy atom. The predicted molar refractivity (Wildman–Crippen MR) is 53.1 cm³/mol. The molecular weight excluding hydrogens is 200 g/mol. The topological polar surface area (TPSA) is 93.0 Å². The van der Waals surface area contributed by atoms with Crippen molar-refractivity contribution in [3.05, 3.63) is 0 Å². The smallest absolute Gasteiger partial charge is 0.216 e. The molecule has 1 aliphatic heterocycles. The first-order valence-corrected chi connectivity index (χ1v) is 4.92. The number of hydrogen-bond acceptors (Lipinski definition) is 5. The van der Waals surface area contributed by atoms with Crippen LogP contribution in [-0.4, -0.2) is 70.6 Å². The Balaban J connectivity index is 2.61. The lowest BCUT2D eigenvalue weighted by molar-refractivity contribution is -0.119. The molecule has 15 heavy (non-hydrogen) atoms. The number of rotatable bonds is 3. The van der Waals surface area contributed by atoms with Crippen LogP contribution in [0.15, 0.2) is 0 Å². The molecule has 0 aromatic heterocycles. The maximum absolute atomic E-state index is 10.7. The lowest BCUT2D eigenvalue weighted by atomic mass is 10.1. The number of likely N-dealkylation sites (N-methyl/N-ethyl adjacent to an activating group) is 1. The highest BCUT2D eigenvalue weighted by Gasteiger charge is 2.45. The Hall–Kier alpha value is -0.690. The number of aliphatic hydroxyl groups is 3. The van der Waals surface area contributed by atoms with Crippen LogP contribution in [-0.2, 0) is 4.79 Å². The zero-order chi connectivity index (χ0) is 11.6. The fourth-order valence-electron chi connectivity index (χ4n) is 1.93. The molecule has 0 saturated carbocycles. The van der Waals surface area contributed by atoms with Crippen molar-refractivity contribution >= 4 is 5.91 Å². The Labute approximate surface area is 88.5 Å². The van der Waals surface area contributed by atoms with E-state index in [1.54, 1.807) is 11.9 Å². The minimum Gasteiger partial charge on any atom is -0.395 e. The third-order valence-electron chi connectivity index (χ3n) is 2.93. The normalized spacial score (nSPS) is 36.9. The van der Waals surface area contributed by atoms with E-state index in [1.807, 2.05) is 0 Å². The first-order valence-electron chi connectivity index (χ1n) is 4.92. The fourth-order valence-corrected chi connectivity index (χ4v) is 1.93. The molecule has 0 aliphatic carbocycles. The first kappa shape index (κ1) is 12.4. The number of nitrogens with one attached hydrogen (secondary N) is 1. The highest BCUT2D eigenvalue weighted by molar-refractivity contribution is 5.72. The van der Waals surface area contributed by atoms with Crippen LogP contribution in [0.5, 0.6) is 0 Å². The van der Waals surface area contributed by atoms with Crippen LogP contribution in [0, 0.1) is 0 Å². The summed E-state index contributed by atoms with van der Waals surface area (Å²) in [5, 5.41) is 30.9. The number of carbonyl (C=O) groups excluding carboxylic acids is 1. The molecule has 6 nitrogen and oxygen atoms in total. The maximum atomic E-state index is 10.7. The maximum Gasteiger partial charge on any atom is 0.216 e. The molecule has 88 valence electrons. The summed E-state index contributed by atoms with van der Waals surface area (Å²) in [6.45, 7) is 1.44. The second kappa shape index (κ2) is 4.89. The molecule has 4 N–H and O–H groups in total. The van der Waals surface area contributed by atoms with Gasteiger partial charge in [0.15, 0.2) is 0 Å². The molecule has 1 saturated heterocycles. The van der Waals surface area contributed by atoms with Gasteiger partial charge < -0.3 is 20.6 Å². The van der Waals surface area contributed by atoms with E-state index in [-0.39, 0.29) is 25.1 Å². The number of likely N-dealkylation sites (tertiary alicyclic amines) is 1. The molecule has 1 rings (SSSR count). The lowest BCUT2D eigenvalue weighted by Crippen LogP contribution is -2.44. The third kappa shape index (κ3) is 2.46. The summed E-state index contributed by atoms with van der Waals surface area (Å²) in [4.78, 5) is 12.4. The minimum absolute atomic E-state index is 0.183. The van der Waals surface area contributed by atoms with Crippen LogP contribution in [0.4, 0.5) is 0 Å². The van der Waals surface area contributed by atoms with Gasteiger partial charge in [-0.2, -0.15) is 0 Å². The lowest BCUT2D eigenvalue weighted by Gasteiger charge is -2.24. The molecule has 0 spiro atoms. The summed E-state index contributed by atoms with van der Waals surface area (Å²) in [6, 6.07) is -0.834. The molecule has 1 heterocycles. The van der Waals surface area contributed by atoms with Gasteiger partial charge in [-0.05, 0) is 7.05 Å². The summed E-state index contributed by atoms with van der Waals surface area (Å²) in [7, 11) is 1.70. The van der Waals surface area contributed by atoms with Gasteiger partial charge in [-0.3, -0.25) is 9.69 Å². The molecule has 6 heteroatoms. The van der Waals surface area contributed by atoms with Gasteiger partial charge in [0.2, 0.25) is 5.91 Å². The average molecular weight is 218 g/mol. The Kier molecular flexibility index (Phi) is 4.04. The third-order valence-corrected chi connectivity index (χ3v) is 2.93. The van der Waals surface area contributed by atoms with Crippen molar-refractivity contribution in [3.63, 3.8) is 0 Å². The van der Waals surface area contributed by atoms with Crippen molar-refractivity contribution < 1.29 is 20.1 Å². The van der Waals surface area contributed by atoms with E-state index in [0.717, 1.165) is 0 Å². The summed E-state index contributed by atoms with van der Waals surface area (Å²) >= 11 is 0. The minimum atomic E-state index is -0.973. The molecule has 0 bridgehead atoms. The molecule has 1 aliphatic rings. The van der Waals surface area contributed by atoms with E-state index < -0.39 is 18.2 Å². The quantitative estimate of drug-likeness (QED) is 0.421. The highest BCUT2D eigenvalue weighted by atomic mass is 16.3. The number of carbonyl (C=O) groups is 1. The Bertz CT molecular complexity index is 236. The van der Waals surface area contributed by atoms with E-state index in [9.17, 15) is 15.0 Å². The van der Waals surface area contributed by atoms with Crippen molar-refractivity contribution in [3.8, 4) is 0 Å². The monoisotopic (exact) mass is 218 g/mol. The van der Waals surface area contributed by atoms with Gasteiger partial charge in [0.05, 0.1) is 30.9 Å². The van der Waals surface area contributed by atoms with Gasteiger partial charge in [-0.1, -0.05) is 0 Å². The highest BCUT2D eigenvalue weighted by Crippen LogP contribution is 2.22. The zero-order valence-electron chi connectivity index (χ0n) is 8.92. The second-order valence-electron chi connectivity index (χ2n) is 3.90. The SMILES string of the molecule is CC(=O)NCC1[C@@H](O)[C@H](O)[C@@H](CO)N1C. The predicted octanol–water partition coefficient (Wildman–Crippen LogP) is -2.48. The first-order chi connectivity index (χ1) is 6.99. The van der Waals surface area contributed by atoms with Crippen molar-refractivity contribution in [2.75, 3.05) is 20.2 Å². The van der Waals surface area contributed by atoms with Gasteiger partial charge >= 0.3 is 0 Å². The van der Waals surface area contributed by atoms with Gasteiger partial charge in [0, 0.05) is 13.5 Å². The number of aliphatic hydroxyl groups excluding tert-OH is 3. The Morgan fingerprint density at radius 1 is 1.33 bits per heavy atom. The van der Waals surface area contributed by atoms with Crippen LogP contribution in [0.2, 0.25) is 0 Å².